The van der Waals surface area contributed by atoms with Gasteiger partial charge in [0, 0.05) is 38.8 Å². The van der Waals surface area contributed by atoms with Crippen molar-refractivity contribution in [3.8, 4) is 5.75 Å². The second-order valence-electron chi connectivity index (χ2n) is 6.16. The maximum atomic E-state index is 12.1. The number of anilines is 1. The van der Waals surface area contributed by atoms with Crippen LogP contribution in [-0.4, -0.2) is 42.4 Å². The summed E-state index contributed by atoms with van der Waals surface area (Å²) < 4.78 is 11.2. The molecule has 3 heterocycles. The maximum absolute atomic E-state index is 12.1. The fourth-order valence-corrected chi connectivity index (χ4v) is 2.86. The highest BCUT2D eigenvalue weighted by atomic mass is 16.5. The minimum absolute atomic E-state index is 0.0515. The summed E-state index contributed by atoms with van der Waals surface area (Å²) in [5.74, 6) is -0.219. The van der Waals surface area contributed by atoms with Gasteiger partial charge < -0.3 is 19.4 Å². The SMILES string of the molecule is COc1coc(C(=O)NCC2CCN(c3cnn(C)c(=O)c3)C2)cc1=O. The van der Waals surface area contributed by atoms with Gasteiger partial charge in [0.1, 0.15) is 6.26 Å². The maximum Gasteiger partial charge on any atom is 0.287 e. The lowest BCUT2D eigenvalue weighted by Crippen LogP contribution is -2.31. The molecule has 0 saturated carbocycles. The Balaban J connectivity index is 1.56. The van der Waals surface area contributed by atoms with Crippen LogP contribution in [0.4, 0.5) is 5.69 Å². The number of methoxy groups -OCH3 is 1. The second-order valence-corrected chi connectivity index (χ2v) is 6.16. The van der Waals surface area contributed by atoms with Crippen LogP contribution in [0.15, 0.2) is 38.6 Å². The average molecular weight is 360 g/mol. The van der Waals surface area contributed by atoms with Crippen molar-refractivity contribution in [2.45, 2.75) is 6.42 Å². The summed E-state index contributed by atoms with van der Waals surface area (Å²) in [5.41, 5.74) is 0.214. The van der Waals surface area contributed by atoms with E-state index in [9.17, 15) is 14.4 Å². The minimum Gasteiger partial charge on any atom is -0.490 e. The molecule has 1 atom stereocenters. The average Bonchev–Trinajstić information content (AvgIpc) is 3.11. The minimum atomic E-state index is -0.446. The molecular formula is C17H20N4O5. The van der Waals surface area contributed by atoms with E-state index in [0.717, 1.165) is 31.0 Å². The Labute approximate surface area is 149 Å². The number of ether oxygens (including phenoxy) is 1. The first-order chi connectivity index (χ1) is 12.5. The summed E-state index contributed by atoms with van der Waals surface area (Å²) in [6.07, 6.45) is 3.66. The third-order valence-electron chi connectivity index (χ3n) is 4.40. The van der Waals surface area contributed by atoms with Gasteiger partial charge in [0.2, 0.25) is 11.2 Å². The van der Waals surface area contributed by atoms with Gasteiger partial charge in [0.05, 0.1) is 19.0 Å². The lowest BCUT2D eigenvalue weighted by molar-refractivity contribution is 0.0917. The predicted octanol–water partition coefficient (Wildman–Crippen LogP) is -0.00160. The summed E-state index contributed by atoms with van der Waals surface area (Å²) in [4.78, 5) is 37.6. The van der Waals surface area contributed by atoms with Gasteiger partial charge in [-0.05, 0) is 12.3 Å². The first-order valence-corrected chi connectivity index (χ1v) is 8.21. The lowest BCUT2D eigenvalue weighted by Gasteiger charge is -2.18. The summed E-state index contributed by atoms with van der Waals surface area (Å²) in [6.45, 7) is 1.94. The molecule has 26 heavy (non-hydrogen) atoms. The normalized spacial score (nSPS) is 16.5. The van der Waals surface area contributed by atoms with Gasteiger partial charge in [-0.2, -0.15) is 5.10 Å². The van der Waals surface area contributed by atoms with E-state index in [1.54, 1.807) is 19.3 Å². The molecule has 1 saturated heterocycles. The smallest absolute Gasteiger partial charge is 0.287 e. The van der Waals surface area contributed by atoms with Crippen LogP contribution in [0.3, 0.4) is 0 Å². The Morgan fingerprint density at radius 1 is 1.42 bits per heavy atom. The molecule has 0 aromatic carbocycles. The van der Waals surface area contributed by atoms with Gasteiger partial charge in [0.25, 0.3) is 11.5 Å². The van der Waals surface area contributed by atoms with Gasteiger partial charge >= 0.3 is 0 Å². The number of carbonyl (C=O) groups is 1. The van der Waals surface area contributed by atoms with Crippen molar-refractivity contribution in [1.29, 1.82) is 0 Å². The quantitative estimate of drug-likeness (QED) is 0.800. The Kier molecular flexibility index (Phi) is 5.06. The number of carbonyl (C=O) groups excluding carboxylic acids is 1. The fraction of sp³-hybridized carbons (Fsp3) is 0.412. The zero-order valence-electron chi connectivity index (χ0n) is 14.6. The summed E-state index contributed by atoms with van der Waals surface area (Å²) in [6, 6.07) is 2.67. The first-order valence-electron chi connectivity index (χ1n) is 8.21. The van der Waals surface area contributed by atoms with Crippen molar-refractivity contribution in [1.82, 2.24) is 15.1 Å². The van der Waals surface area contributed by atoms with Crippen molar-refractivity contribution >= 4 is 11.6 Å². The molecule has 0 bridgehead atoms. The Morgan fingerprint density at radius 2 is 2.23 bits per heavy atom. The van der Waals surface area contributed by atoms with Crippen molar-refractivity contribution in [3.63, 3.8) is 0 Å². The van der Waals surface area contributed by atoms with E-state index >= 15 is 0 Å². The van der Waals surface area contributed by atoms with Crippen LogP contribution in [-0.2, 0) is 7.05 Å². The van der Waals surface area contributed by atoms with Crippen LogP contribution in [0, 0.1) is 5.92 Å². The first kappa shape index (κ1) is 17.7. The van der Waals surface area contributed by atoms with Gasteiger partial charge in [-0.3, -0.25) is 14.4 Å². The number of nitrogens with one attached hydrogen (secondary N) is 1. The van der Waals surface area contributed by atoms with E-state index in [-0.39, 0.29) is 23.0 Å². The molecule has 2 aromatic heterocycles. The highest BCUT2D eigenvalue weighted by Gasteiger charge is 2.24. The highest BCUT2D eigenvalue weighted by molar-refractivity contribution is 5.91. The van der Waals surface area contributed by atoms with Gasteiger partial charge in [-0.25, -0.2) is 4.68 Å². The monoisotopic (exact) mass is 360 g/mol. The fourth-order valence-electron chi connectivity index (χ4n) is 2.86. The van der Waals surface area contributed by atoms with E-state index < -0.39 is 11.3 Å². The molecule has 1 unspecified atom stereocenters. The predicted molar refractivity (Wildman–Crippen MR) is 93.7 cm³/mol. The molecule has 138 valence electrons. The van der Waals surface area contributed by atoms with E-state index in [4.69, 9.17) is 9.15 Å². The number of nitrogens with zero attached hydrogens (tertiary/aromatic N) is 3. The number of rotatable bonds is 5. The third kappa shape index (κ3) is 3.76. The number of amides is 1. The van der Waals surface area contributed by atoms with E-state index in [2.05, 4.69) is 15.3 Å². The lowest BCUT2D eigenvalue weighted by atomic mass is 10.1. The Morgan fingerprint density at radius 3 is 2.92 bits per heavy atom. The third-order valence-corrected chi connectivity index (χ3v) is 4.40. The van der Waals surface area contributed by atoms with Crippen molar-refractivity contribution in [3.05, 3.63) is 50.9 Å². The van der Waals surface area contributed by atoms with Gasteiger partial charge in [0.15, 0.2) is 5.76 Å². The van der Waals surface area contributed by atoms with Crippen molar-refractivity contribution in [2.24, 2.45) is 13.0 Å². The Bertz CT molecular complexity index is 920. The van der Waals surface area contributed by atoms with E-state index in [1.165, 1.54) is 11.8 Å². The molecular weight excluding hydrogens is 340 g/mol. The molecule has 1 N–H and O–H groups in total. The number of aromatic nitrogens is 2. The number of hydrogen-bond donors (Lipinski definition) is 1. The highest BCUT2D eigenvalue weighted by Crippen LogP contribution is 2.21. The van der Waals surface area contributed by atoms with Gasteiger partial charge in [-0.15, -0.1) is 0 Å². The molecule has 0 aliphatic carbocycles. The van der Waals surface area contributed by atoms with Crippen LogP contribution in [0.2, 0.25) is 0 Å². The van der Waals surface area contributed by atoms with Crippen LogP contribution in [0.1, 0.15) is 17.0 Å². The molecule has 2 aromatic rings. The Hall–Kier alpha value is -3.10. The summed E-state index contributed by atoms with van der Waals surface area (Å²) in [5, 5.41) is 6.80. The molecule has 0 spiro atoms. The number of aryl methyl sites for hydroxylation is 1. The van der Waals surface area contributed by atoms with Crippen molar-refractivity contribution in [2.75, 3.05) is 31.6 Å². The van der Waals surface area contributed by atoms with Crippen LogP contribution in [0.5, 0.6) is 5.75 Å². The molecule has 9 nitrogen and oxygen atoms in total. The summed E-state index contributed by atoms with van der Waals surface area (Å²) in [7, 11) is 2.96. The molecule has 1 fully saturated rings. The molecule has 0 radical (unpaired) electrons. The second kappa shape index (κ2) is 7.42. The van der Waals surface area contributed by atoms with Crippen LogP contribution < -0.4 is 25.9 Å². The van der Waals surface area contributed by atoms with E-state index in [0.29, 0.717) is 13.1 Å². The van der Waals surface area contributed by atoms with Crippen molar-refractivity contribution < 1.29 is 13.9 Å². The van der Waals surface area contributed by atoms with Crippen LogP contribution in [0.25, 0.3) is 0 Å². The zero-order valence-corrected chi connectivity index (χ0v) is 14.6. The van der Waals surface area contributed by atoms with Crippen LogP contribution >= 0.6 is 0 Å². The molecule has 1 amide bonds. The zero-order chi connectivity index (χ0) is 18.7. The topological polar surface area (TPSA) is 107 Å². The molecule has 3 rings (SSSR count). The largest absolute Gasteiger partial charge is 0.490 e. The standard InChI is InChI=1S/C17H20N4O5/c1-20-16(23)5-12(8-19-20)21-4-3-11(9-21)7-18-17(24)14-6-13(22)15(25-2)10-26-14/h5-6,8,10-11H,3-4,7,9H2,1-2H3,(H,18,24). The molecule has 1 aliphatic heterocycles. The number of hydrogen-bond acceptors (Lipinski definition) is 7. The molecule has 1 aliphatic rings. The van der Waals surface area contributed by atoms with Gasteiger partial charge in [-0.1, -0.05) is 0 Å². The summed E-state index contributed by atoms with van der Waals surface area (Å²) >= 11 is 0. The van der Waals surface area contributed by atoms with E-state index in [1.807, 2.05) is 0 Å². The molecule has 9 heteroatoms.